The van der Waals surface area contributed by atoms with Crippen molar-refractivity contribution in [3.63, 3.8) is 0 Å². The van der Waals surface area contributed by atoms with Gasteiger partial charge in [0.1, 0.15) is 4.90 Å². The zero-order valence-corrected chi connectivity index (χ0v) is 11.8. The molecule has 1 aliphatic carbocycles. The molecule has 1 saturated carbocycles. The number of nitrogens with two attached hydrogens (primary N) is 1. The van der Waals surface area contributed by atoms with Gasteiger partial charge < -0.3 is 5.43 Å². The molecule has 0 amide bonds. The Labute approximate surface area is 113 Å². The normalized spacial score (nSPS) is 24.1. The Bertz CT molecular complexity index is 532. The fourth-order valence-corrected chi connectivity index (χ4v) is 3.96. The average Bonchev–Trinajstić information content (AvgIpc) is 2.41. The summed E-state index contributed by atoms with van der Waals surface area (Å²) in [4.78, 5) is 3.95. The summed E-state index contributed by atoms with van der Waals surface area (Å²) in [6, 6.07) is 1.53. The minimum atomic E-state index is -3.59. The number of anilines is 1. The Morgan fingerprint density at radius 3 is 2.79 bits per heavy atom. The van der Waals surface area contributed by atoms with Crippen molar-refractivity contribution in [3.8, 4) is 0 Å². The Morgan fingerprint density at radius 1 is 1.37 bits per heavy atom. The van der Waals surface area contributed by atoms with Gasteiger partial charge in [-0.3, -0.25) is 10.8 Å². The molecule has 106 valence electrons. The molecule has 1 aliphatic rings. The summed E-state index contributed by atoms with van der Waals surface area (Å²) in [5.41, 5.74) is 2.74. The number of hydrogen-bond acceptors (Lipinski definition) is 5. The van der Waals surface area contributed by atoms with Gasteiger partial charge in [-0.2, -0.15) is 0 Å². The van der Waals surface area contributed by atoms with Crippen molar-refractivity contribution in [1.82, 2.24) is 9.71 Å². The summed E-state index contributed by atoms with van der Waals surface area (Å²) in [7, 11) is -3.59. The average molecular weight is 284 g/mol. The predicted molar refractivity (Wildman–Crippen MR) is 73.8 cm³/mol. The number of nitrogens with zero attached hydrogens (tertiary/aromatic N) is 1. The summed E-state index contributed by atoms with van der Waals surface area (Å²) in [5.74, 6) is 5.69. The first-order valence-corrected chi connectivity index (χ1v) is 7.96. The van der Waals surface area contributed by atoms with Crippen molar-refractivity contribution in [3.05, 3.63) is 18.5 Å². The Hall–Kier alpha value is -1.18. The lowest BCUT2D eigenvalue weighted by molar-refractivity contribution is 0.310. The number of nitrogens with one attached hydrogen (secondary N) is 2. The van der Waals surface area contributed by atoms with Gasteiger partial charge in [0, 0.05) is 18.4 Å². The quantitative estimate of drug-likeness (QED) is 0.570. The van der Waals surface area contributed by atoms with Gasteiger partial charge in [0.15, 0.2) is 0 Å². The molecule has 0 saturated heterocycles. The Kier molecular flexibility index (Phi) is 4.38. The minimum Gasteiger partial charge on any atom is -0.323 e. The van der Waals surface area contributed by atoms with Crippen LogP contribution < -0.4 is 16.0 Å². The topological polar surface area (TPSA) is 97.1 Å². The lowest BCUT2D eigenvalue weighted by atomic mass is 9.87. The third-order valence-electron chi connectivity index (χ3n) is 3.65. The number of hydrogen-bond donors (Lipinski definition) is 3. The van der Waals surface area contributed by atoms with Crippen LogP contribution in [0.15, 0.2) is 23.4 Å². The van der Waals surface area contributed by atoms with E-state index in [-0.39, 0.29) is 10.9 Å². The van der Waals surface area contributed by atoms with Crippen LogP contribution in [-0.2, 0) is 10.0 Å². The lowest BCUT2D eigenvalue weighted by Crippen LogP contribution is -2.41. The third kappa shape index (κ3) is 3.23. The van der Waals surface area contributed by atoms with Gasteiger partial charge in [-0.05, 0) is 24.8 Å². The number of sulfonamides is 1. The maximum Gasteiger partial charge on any atom is 0.244 e. The second-order valence-electron chi connectivity index (χ2n) is 5.01. The predicted octanol–water partition coefficient (Wildman–Crippen LogP) is 1.22. The maximum atomic E-state index is 12.4. The smallest absolute Gasteiger partial charge is 0.244 e. The molecule has 0 aromatic carbocycles. The molecule has 0 aliphatic heterocycles. The number of aromatic nitrogens is 1. The molecule has 19 heavy (non-hydrogen) atoms. The van der Waals surface area contributed by atoms with Crippen molar-refractivity contribution >= 4 is 15.7 Å². The molecule has 6 nitrogen and oxygen atoms in total. The molecule has 4 N–H and O–H groups in total. The molecule has 2 rings (SSSR count). The standard InChI is InChI=1S/C12H20N4O2S/c1-9-4-2-3-5-10(9)16-19(17,18)12-8-14-7-6-11(12)15-13/h6-10,16H,2-5,13H2,1H3,(H,14,15). The Morgan fingerprint density at radius 2 is 2.11 bits per heavy atom. The number of hydrazine groups is 1. The van der Waals surface area contributed by atoms with Crippen LogP contribution in [0.2, 0.25) is 0 Å². The van der Waals surface area contributed by atoms with Crippen molar-refractivity contribution in [2.75, 3.05) is 5.43 Å². The van der Waals surface area contributed by atoms with E-state index in [0.29, 0.717) is 11.6 Å². The number of pyridine rings is 1. The summed E-state index contributed by atoms with van der Waals surface area (Å²) < 4.78 is 27.5. The highest BCUT2D eigenvalue weighted by atomic mass is 32.2. The van der Waals surface area contributed by atoms with Crippen LogP contribution in [0, 0.1) is 5.92 Å². The van der Waals surface area contributed by atoms with Crippen molar-refractivity contribution < 1.29 is 8.42 Å². The molecule has 7 heteroatoms. The van der Waals surface area contributed by atoms with Crippen LogP contribution in [0.3, 0.4) is 0 Å². The molecule has 0 bridgehead atoms. The van der Waals surface area contributed by atoms with Crippen LogP contribution in [0.25, 0.3) is 0 Å². The number of nitrogen functional groups attached to an aromatic ring is 1. The van der Waals surface area contributed by atoms with E-state index >= 15 is 0 Å². The van der Waals surface area contributed by atoms with Crippen LogP contribution in [0.1, 0.15) is 32.6 Å². The molecular weight excluding hydrogens is 264 g/mol. The minimum absolute atomic E-state index is 0.00965. The van der Waals surface area contributed by atoms with Gasteiger partial charge in [0.05, 0.1) is 5.69 Å². The van der Waals surface area contributed by atoms with Gasteiger partial charge in [-0.15, -0.1) is 0 Å². The summed E-state index contributed by atoms with van der Waals surface area (Å²) in [6.45, 7) is 2.08. The number of rotatable bonds is 4. The van der Waals surface area contributed by atoms with E-state index in [1.165, 1.54) is 18.8 Å². The molecule has 0 spiro atoms. The largest absolute Gasteiger partial charge is 0.323 e. The van der Waals surface area contributed by atoms with Gasteiger partial charge in [-0.25, -0.2) is 13.1 Å². The molecule has 2 unspecified atom stereocenters. The van der Waals surface area contributed by atoms with E-state index < -0.39 is 10.0 Å². The van der Waals surface area contributed by atoms with Gasteiger partial charge in [0.2, 0.25) is 10.0 Å². The monoisotopic (exact) mass is 284 g/mol. The summed E-state index contributed by atoms with van der Waals surface area (Å²) in [5, 5.41) is 0. The lowest BCUT2D eigenvalue weighted by Gasteiger charge is -2.29. The Balaban J connectivity index is 2.22. The van der Waals surface area contributed by atoms with Crippen LogP contribution in [0.5, 0.6) is 0 Å². The zero-order valence-electron chi connectivity index (χ0n) is 11.0. The van der Waals surface area contributed by atoms with E-state index in [4.69, 9.17) is 5.84 Å². The molecule has 1 aromatic heterocycles. The second-order valence-corrected chi connectivity index (χ2v) is 6.69. The van der Waals surface area contributed by atoms with Gasteiger partial charge in [0.25, 0.3) is 0 Å². The molecular formula is C12H20N4O2S. The highest BCUT2D eigenvalue weighted by molar-refractivity contribution is 7.89. The van der Waals surface area contributed by atoms with Crippen molar-refractivity contribution in [2.24, 2.45) is 11.8 Å². The van der Waals surface area contributed by atoms with Gasteiger partial charge >= 0.3 is 0 Å². The molecule has 2 atom stereocenters. The van der Waals surface area contributed by atoms with Crippen LogP contribution in [0.4, 0.5) is 5.69 Å². The van der Waals surface area contributed by atoms with Crippen LogP contribution >= 0.6 is 0 Å². The summed E-state index contributed by atoms with van der Waals surface area (Å²) in [6.07, 6.45) is 6.98. The summed E-state index contributed by atoms with van der Waals surface area (Å²) >= 11 is 0. The fraction of sp³-hybridized carbons (Fsp3) is 0.583. The van der Waals surface area contributed by atoms with E-state index in [1.54, 1.807) is 6.07 Å². The first-order chi connectivity index (χ1) is 9.04. The van der Waals surface area contributed by atoms with E-state index in [9.17, 15) is 8.42 Å². The highest BCUT2D eigenvalue weighted by Gasteiger charge is 2.28. The van der Waals surface area contributed by atoms with Crippen molar-refractivity contribution in [2.45, 2.75) is 43.5 Å². The van der Waals surface area contributed by atoms with Crippen LogP contribution in [-0.4, -0.2) is 19.4 Å². The first kappa shape index (κ1) is 14.2. The SMILES string of the molecule is CC1CCCCC1NS(=O)(=O)c1cnccc1NN. The molecule has 1 aromatic rings. The first-order valence-electron chi connectivity index (χ1n) is 6.47. The second kappa shape index (κ2) is 5.85. The maximum absolute atomic E-state index is 12.4. The molecule has 0 radical (unpaired) electrons. The molecule has 1 fully saturated rings. The highest BCUT2D eigenvalue weighted by Crippen LogP contribution is 2.26. The third-order valence-corrected chi connectivity index (χ3v) is 5.16. The van der Waals surface area contributed by atoms with E-state index in [0.717, 1.165) is 19.3 Å². The van der Waals surface area contributed by atoms with Gasteiger partial charge in [-0.1, -0.05) is 19.8 Å². The van der Waals surface area contributed by atoms with Crippen molar-refractivity contribution in [1.29, 1.82) is 0 Å². The van der Waals surface area contributed by atoms with E-state index in [2.05, 4.69) is 22.1 Å². The van der Waals surface area contributed by atoms with E-state index in [1.807, 2.05) is 0 Å². The molecule has 1 heterocycles. The zero-order chi connectivity index (χ0) is 13.9. The fourth-order valence-electron chi connectivity index (χ4n) is 2.47.